The lowest BCUT2D eigenvalue weighted by molar-refractivity contribution is -0.792. The predicted octanol–water partition coefficient (Wildman–Crippen LogP) is -4.34. The fourth-order valence-corrected chi connectivity index (χ4v) is 7.26. The van der Waals surface area contributed by atoms with E-state index in [2.05, 4.69) is 0 Å². The van der Waals surface area contributed by atoms with Gasteiger partial charge in [0.05, 0.1) is 0 Å². The summed E-state index contributed by atoms with van der Waals surface area (Å²) in [5, 5.41) is 61.3. The van der Waals surface area contributed by atoms with E-state index in [1.807, 2.05) is 0 Å². The maximum atomic E-state index is 11.7. The Morgan fingerprint density at radius 2 is 0.767 bits per heavy atom. The highest BCUT2D eigenvalue weighted by Crippen LogP contribution is 2.49. The molecule has 161 valence electrons. The summed E-state index contributed by atoms with van der Waals surface area (Å²) in [5.74, 6) is -2.37. The maximum absolute atomic E-state index is 11.7. The SMILES string of the molecule is O=[N+]([O-])N1C2C3N([N+](=O)[O-])C4C1N([N+](=O)[O-])[Si](C(N2[N+](=O)[O-])N3[N+](=O)[O-])N4[N+](=O)[O-]. The minimum absolute atomic E-state index is 0.0928. The van der Waals surface area contributed by atoms with Crippen LogP contribution in [0.25, 0.3) is 0 Å². The van der Waals surface area contributed by atoms with Crippen molar-refractivity contribution in [1.29, 1.82) is 0 Å². The fraction of sp³-hybridized carbons (Fsp3) is 1.00. The number of hydrazine groups is 6. The van der Waals surface area contributed by atoms with E-state index in [-0.39, 0.29) is 29.4 Å². The normalized spacial score (nSPS) is 31.4. The van der Waals surface area contributed by atoms with Gasteiger partial charge in [-0.3, -0.25) is 0 Å². The van der Waals surface area contributed by atoms with E-state index < -0.39 is 69.8 Å². The van der Waals surface area contributed by atoms with Crippen LogP contribution in [0.3, 0.4) is 0 Å². The Morgan fingerprint density at radius 1 is 0.467 bits per heavy atom. The molecule has 0 aliphatic carbocycles. The van der Waals surface area contributed by atoms with Gasteiger partial charge < -0.3 is 0 Å². The highest BCUT2D eigenvalue weighted by atomic mass is 28.3. The first-order chi connectivity index (χ1) is 13.9. The van der Waals surface area contributed by atoms with Crippen LogP contribution in [0, 0.1) is 60.7 Å². The minimum atomic E-state index is -3.85. The Labute approximate surface area is 161 Å². The quantitative estimate of drug-likeness (QED) is 0.208. The Bertz CT molecular complexity index is 786. The molecule has 24 nitrogen and oxygen atoms in total. The molecule has 0 aromatic heterocycles. The monoisotopic (exact) mass is 453 g/mol. The molecule has 5 saturated heterocycles. The lowest BCUT2D eigenvalue weighted by atomic mass is 10.2. The van der Waals surface area contributed by atoms with Crippen molar-refractivity contribution >= 4 is 9.12 Å². The average molecular weight is 453 g/mol. The van der Waals surface area contributed by atoms with Crippen LogP contribution in [0.2, 0.25) is 0 Å². The van der Waals surface area contributed by atoms with Crippen LogP contribution in [-0.4, -0.2) is 99.2 Å². The van der Waals surface area contributed by atoms with Gasteiger partial charge in [-0.1, -0.05) is 29.4 Å². The molecule has 6 bridgehead atoms. The molecule has 0 aromatic carbocycles. The summed E-state index contributed by atoms with van der Waals surface area (Å²) in [6.45, 7) is 0. The molecule has 25 heteroatoms. The molecule has 5 heterocycles. The summed E-state index contributed by atoms with van der Waals surface area (Å²) in [6, 6.07) is 0. The lowest BCUT2D eigenvalue weighted by Crippen LogP contribution is -2.77. The van der Waals surface area contributed by atoms with Gasteiger partial charge in [0.25, 0.3) is 30.5 Å². The summed E-state index contributed by atoms with van der Waals surface area (Å²) < 4.78 is -0.186. The van der Waals surface area contributed by atoms with E-state index in [4.69, 9.17) is 0 Å². The summed E-state index contributed by atoms with van der Waals surface area (Å²) in [7, 11) is -3.85. The van der Waals surface area contributed by atoms with Crippen LogP contribution < -0.4 is 0 Å². The van der Waals surface area contributed by atoms with E-state index in [0.717, 1.165) is 0 Å². The molecular formula is C5H5N12O12Si. The topological polar surface area (TPSA) is 278 Å². The summed E-state index contributed by atoms with van der Waals surface area (Å²) in [6.07, 6.45) is -9.31. The molecule has 0 saturated carbocycles. The number of rotatable bonds is 6. The van der Waals surface area contributed by atoms with Crippen molar-refractivity contribution in [2.24, 2.45) is 0 Å². The zero-order valence-corrected chi connectivity index (χ0v) is 14.7. The minimum Gasteiger partial charge on any atom is -0.235 e. The summed E-state index contributed by atoms with van der Waals surface area (Å²) >= 11 is 0. The first-order valence-electron chi connectivity index (χ1n) is 7.38. The maximum Gasteiger partial charge on any atom is 0.510 e. The van der Waals surface area contributed by atoms with Gasteiger partial charge in [-0.25, -0.2) is 60.7 Å². The Morgan fingerprint density at radius 3 is 1.00 bits per heavy atom. The number of piperazine rings is 1. The van der Waals surface area contributed by atoms with Gasteiger partial charge >= 0.3 is 9.12 Å². The van der Waals surface area contributed by atoms with Crippen molar-refractivity contribution in [3.63, 3.8) is 0 Å². The average Bonchev–Trinajstić information content (AvgIpc) is 3.03. The van der Waals surface area contributed by atoms with Crippen LogP contribution in [0.5, 0.6) is 0 Å². The standard InChI is InChI=1S/C5H5N12O12Si/c18-12(19)6-1-2-7(13(20)21)4-3(6)10(16(26)27)30(11(4)17(28)29)5(8(1)14(22)23)9(2)15(24)25/h1-5H. The highest BCUT2D eigenvalue weighted by molar-refractivity contribution is 6.54. The molecule has 0 aromatic rings. The van der Waals surface area contributed by atoms with Gasteiger partial charge in [0.1, 0.15) is 0 Å². The van der Waals surface area contributed by atoms with Crippen LogP contribution in [0.15, 0.2) is 0 Å². The number of hydrogen-bond acceptors (Lipinski definition) is 12. The van der Waals surface area contributed by atoms with Gasteiger partial charge in [0.2, 0.25) is 0 Å². The second-order valence-corrected chi connectivity index (χ2v) is 8.17. The third-order valence-corrected chi connectivity index (χ3v) is 7.75. The Balaban J connectivity index is 2.12. The molecule has 4 unspecified atom stereocenters. The third kappa shape index (κ3) is 1.87. The predicted molar refractivity (Wildman–Crippen MR) is 77.7 cm³/mol. The van der Waals surface area contributed by atoms with Crippen molar-refractivity contribution in [1.82, 2.24) is 29.4 Å². The van der Waals surface area contributed by atoms with Gasteiger partial charge in [-0.05, 0) is 0 Å². The van der Waals surface area contributed by atoms with Crippen molar-refractivity contribution < 1.29 is 30.2 Å². The Hall–Kier alpha value is -4.58. The van der Waals surface area contributed by atoms with E-state index in [0.29, 0.717) is 0 Å². The molecule has 5 aliphatic rings. The van der Waals surface area contributed by atoms with Gasteiger partial charge in [-0.15, -0.1) is 0 Å². The molecule has 0 amide bonds. The van der Waals surface area contributed by atoms with E-state index in [1.54, 1.807) is 0 Å². The molecule has 30 heavy (non-hydrogen) atoms. The second-order valence-electron chi connectivity index (χ2n) is 6.02. The first-order valence-corrected chi connectivity index (χ1v) is 8.85. The highest BCUT2D eigenvalue weighted by Gasteiger charge is 2.91. The van der Waals surface area contributed by atoms with E-state index in [1.165, 1.54) is 0 Å². The number of hydrogen-bond donors (Lipinski definition) is 0. The van der Waals surface area contributed by atoms with Crippen LogP contribution in [-0.2, 0) is 0 Å². The van der Waals surface area contributed by atoms with Gasteiger partial charge in [0.15, 0.2) is 30.2 Å². The van der Waals surface area contributed by atoms with Gasteiger partial charge in [0, 0.05) is 0 Å². The molecule has 4 atom stereocenters. The summed E-state index contributed by atoms with van der Waals surface area (Å²) in [4.78, 5) is 70.0. The smallest absolute Gasteiger partial charge is 0.235 e. The first kappa shape index (κ1) is 18.8. The lowest BCUT2D eigenvalue weighted by Gasteiger charge is -2.40. The molecule has 1 radical (unpaired) electrons. The molecule has 0 spiro atoms. The van der Waals surface area contributed by atoms with E-state index in [9.17, 15) is 60.7 Å². The van der Waals surface area contributed by atoms with Crippen molar-refractivity contribution in [3.8, 4) is 0 Å². The van der Waals surface area contributed by atoms with Crippen LogP contribution in [0.4, 0.5) is 0 Å². The van der Waals surface area contributed by atoms with Crippen LogP contribution in [0.1, 0.15) is 0 Å². The molecular weight excluding hydrogens is 448 g/mol. The number of nitrogens with zero attached hydrogens (tertiary/aromatic N) is 12. The van der Waals surface area contributed by atoms with Crippen molar-refractivity contribution in [2.75, 3.05) is 0 Å². The van der Waals surface area contributed by atoms with E-state index >= 15 is 0 Å². The van der Waals surface area contributed by atoms with Crippen molar-refractivity contribution in [3.05, 3.63) is 60.7 Å². The molecule has 5 fully saturated rings. The van der Waals surface area contributed by atoms with Crippen molar-refractivity contribution in [2.45, 2.75) is 30.5 Å². The summed E-state index contributed by atoms with van der Waals surface area (Å²) in [5.41, 5.74) is 0. The second kappa shape index (κ2) is 5.48. The van der Waals surface area contributed by atoms with Gasteiger partial charge in [-0.2, -0.15) is 0 Å². The number of nitro groups is 6. The molecule has 5 aliphatic heterocycles. The van der Waals surface area contributed by atoms with Crippen LogP contribution >= 0.6 is 0 Å². The molecule has 0 N–H and O–H groups in total. The third-order valence-electron chi connectivity index (χ3n) is 4.97. The fourth-order valence-electron chi connectivity index (χ4n) is 4.23. The molecule has 5 rings (SSSR count). The zero-order chi connectivity index (χ0) is 22.4. The zero-order valence-electron chi connectivity index (χ0n) is 13.7. The largest absolute Gasteiger partial charge is 0.510 e. The Kier molecular flexibility index (Phi) is 3.43.